The van der Waals surface area contributed by atoms with E-state index < -0.39 is 0 Å². The van der Waals surface area contributed by atoms with E-state index in [4.69, 9.17) is 5.73 Å². The molecule has 1 unspecified atom stereocenters. The Kier molecular flexibility index (Phi) is 4.76. The zero-order valence-electron chi connectivity index (χ0n) is 11.3. The Labute approximate surface area is 110 Å². The lowest BCUT2D eigenvalue weighted by Gasteiger charge is -2.23. The molecule has 1 saturated carbocycles. The fourth-order valence-corrected chi connectivity index (χ4v) is 3.04. The van der Waals surface area contributed by atoms with E-state index in [2.05, 4.69) is 0 Å². The molecule has 0 spiro atoms. The minimum Gasteiger partial charge on any atom is -0.324 e. The summed E-state index contributed by atoms with van der Waals surface area (Å²) in [6.45, 7) is 1.92. The van der Waals surface area contributed by atoms with Gasteiger partial charge in [-0.05, 0) is 48.9 Å². The van der Waals surface area contributed by atoms with Gasteiger partial charge in [-0.1, -0.05) is 38.2 Å². The fourth-order valence-electron chi connectivity index (χ4n) is 3.04. The molecule has 2 N–H and O–H groups in total. The lowest BCUT2D eigenvalue weighted by Crippen LogP contribution is -2.14. The number of rotatable bonds is 4. The molecule has 100 valence electrons. The average Bonchev–Trinajstić information content (AvgIpc) is 2.36. The van der Waals surface area contributed by atoms with Crippen molar-refractivity contribution in [1.82, 2.24) is 0 Å². The second kappa shape index (κ2) is 6.33. The van der Waals surface area contributed by atoms with Gasteiger partial charge in [0.15, 0.2) is 0 Å². The van der Waals surface area contributed by atoms with Gasteiger partial charge >= 0.3 is 0 Å². The zero-order valence-corrected chi connectivity index (χ0v) is 11.3. The summed E-state index contributed by atoms with van der Waals surface area (Å²) in [5.74, 6) is 0.678. The van der Waals surface area contributed by atoms with Crippen molar-refractivity contribution < 1.29 is 4.39 Å². The van der Waals surface area contributed by atoms with Crippen molar-refractivity contribution in [2.24, 2.45) is 11.7 Å². The van der Waals surface area contributed by atoms with E-state index >= 15 is 0 Å². The number of hydrogen-bond acceptors (Lipinski definition) is 1. The minimum absolute atomic E-state index is 0.0127. The van der Waals surface area contributed by atoms with Gasteiger partial charge in [-0.15, -0.1) is 0 Å². The Morgan fingerprint density at radius 3 is 2.61 bits per heavy atom. The van der Waals surface area contributed by atoms with Crippen LogP contribution in [0, 0.1) is 18.7 Å². The van der Waals surface area contributed by atoms with E-state index in [9.17, 15) is 4.39 Å². The molecule has 0 heterocycles. The van der Waals surface area contributed by atoms with E-state index in [1.807, 2.05) is 13.0 Å². The molecule has 18 heavy (non-hydrogen) atoms. The molecule has 1 atom stereocenters. The number of benzene rings is 1. The van der Waals surface area contributed by atoms with Crippen LogP contribution in [0.2, 0.25) is 0 Å². The summed E-state index contributed by atoms with van der Waals surface area (Å²) in [5.41, 5.74) is 8.09. The monoisotopic (exact) mass is 249 g/mol. The van der Waals surface area contributed by atoms with Crippen LogP contribution in [-0.4, -0.2) is 0 Å². The van der Waals surface area contributed by atoms with Crippen molar-refractivity contribution in [2.75, 3.05) is 0 Å². The van der Waals surface area contributed by atoms with Gasteiger partial charge in [-0.2, -0.15) is 0 Å². The van der Waals surface area contributed by atoms with E-state index in [-0.39, 0.29) is 11.9 Å². The van der Waals surface area contributed by atoms with Crippen LogP contribution in [0.3, 0.4) is 0 Å². The molecule has 0 radical (unpaired) electrons. The molecule has 1 aliphatic carbocycles. The summed E-state index contributed by atoms with van der Waals surface area (Å²) >= 11 is 0. The molecule has 0 aliphatic heterocycles. The first-order valence-corrected chi connectivity index (χ1v) is 7.18. The Morgan fingerprint density at radius 1 is 1.22 bits per heavy atom. The third-order valence-electron chi connectivity index (χ3n) is 4.10. The largest absolute Gasteiger partial charge is 0.324 e. The first-order valence-electron chi connectivity index (χ1n) is 7.18. The van der Waals surface area contributed by atoms with Gasteiger partial charge in [-0.3, -0.25) is 0 Å². The van der Waals surface area contributed by atoms with Gasteiger partial charge in [0.1, 0.15) is 5.82 Å². The van der Waals surface area contributed by atoms with Crippen LogP contribution in [0.1, 0.15) is 62.1 Å². The predicted molar refractivity (Wildman–Crippen MR) is 73.9 cm³/mol. The molecule has 0 amide bonds. The topological polar surface area (TPSA) is 26.0 Å². The second-order valence-corrected chi connectivity index (χ2v) is 5.75. The lowest BCUT2D eigenvalue weighted by atomic mass is 9.84. The third kappa shape index (κ3) is 3.81. The average molecular weight is 249 g/mol. The zero-order chi connectivity index (χ0) is 13.0. The van der Waals surface area contributed by atoms with Crippen molar-refractivity contribution in [3.8, 4) is 0 Å². The summed E-state index contributed by atoms with van der Waals surface area (Å²) < 4.78 is 13.3. The Morgan fingerprint density at radius 2 is 1.94 bits per heavy atom. The molecular formula is C16H24FN. The maximum Gasteiger partial charge on any atom is 0.123 e. The molecule has 1 fully saturated rings. The lowest BCUT2D eigenvalue weighted by molar-refractivity contribution is 0.324. The minimum atomic E-state index is -0.168. The van der Waals surface area contributed by atoms with Gasteiger partial charge in [0.05, 0.1) is 0 Å². The quantitative estimate of drug-likeness (QED) is 0.835. The summed E-state index contributed by atoms with van der Waals surface area (Å²) in [6, 6.07) is 5.13. The molecule has 0 bridgehead atoms. The third-order valence-corrected chi connectivity index (χ3v) is 4.10. The van der Waals surface area contributed by atoms with Gasteiger partial charge in [0.2, 0.25) is 0 Å². The molecule has 2 heteroatoms. The van der Waals surface area contributed by atoms with Crippen molar-refractivity contribution in [3.63, 3.8) is 0 Å². The van der Waals surface area contributed by atoms with Crippen LogP contribution in [0.5, 0.6) is 0 Å². The maximum atomic E-state index is 13.3. The number of hydrogen-bond donors (Lipinski definition) is 1. The van der Waals surface area contributed by atoms with E-state index in [0.29, 0.717) is 0 Å². The van der Waals surface area contributed by atoms with Crippen LogP contribution in [0.4, 0.5) is 4.39 Å². The maximum absolute atomic E-state index is 13.3. The van der Waals surface area contributed by atoms with Gasteiger partial charge in [0, 0.05) is 6.04 Å². The van der Waals surface area contributed by atoms with Crippen LogP contribution in [0.25, 0.3) is 0 Å². The molecule has 1 nitrogen and oxygen atoms in total. The van der Waals surface area contributed by atoms with Gasteiger partial charge in [0.25, 0.3) is 0 Å². The Bertz CT molecular complexity index is 362. The highest BCUT2D eigenvalue weighted by atomic mass is 19.1. The molecule has 2 rings (SSSR count). The highest BCUT2D eigenvalue weighted by Gasteiger charge is 2.15. The normalized spacial score (nSPS) is 18.8. The first-order chi connectivity index (χ1) is 8.65. The summed E-state index contributed by atoms with van der Waals surface area (Å²) in [7, 11) is 0. The highest BCUT2D eigenvalue weighted by molar-refractivity contribution is 5.25. The number of halogens is 1. The SMILES string of the molecule is Cc1cc(F)cc(C(N)CCC2CCCCC2)c1. The number of aryl methyl sites for hydroxylation is 1. The van der Waals surface area contributed by atoms with E-state index in [0.717, 1.165) is 23.5 Å². The van der Waals surface area contributed by atoms with Crippen LogP contribution < -0.4 is 5.73 Å². The predicted octanol–water partition coefficient (Wildman–Crippen LogP) is 4.49. The second-order valence-electron chi connectivity index (χ2n) is 5.75. The van der Waals surface area contributed by atoms with Crippen LogP contribution in [0.15, 0.2) is 18.2 Å². The first kappa shape index (κ1) is 13.5. The summed E-state index contributed by atoms with van der Waals surface area (Å²) in [5, 5.41) is 0. The van der Waals surface area contributed by atoms with Crippen molar-refractivity contribution >= 4 is 0 Å². The molecule has 0 aromatic heterocycles. The van der Waals surface area contributed by atoms with E-state index in [1.54, 1.807) is 12.1 Å². The van der Waals surface area contributed by atoms with E-state index in [1.165, 1.54) is 38.5 Å². The van der Waals surface area contributed by atoms with Gasteiger partial charge < -0.3 is 5.73 Å². The molecular weight excluding hydrogens is 225 g/mol. The van der Waals surface area contributed by atoms with Crippen molar-refractivity contribution in [3.05, 3.63) is 35.1 Å². The van der Waals surface area contributed by atoms with Crippen LogP contribution in [-0.2, 0) is 0 Å². The van der Waals surface area contributed by atoms with Crippen LogP contribution >= 0.6 is 0 Å². The molecule has 1 aromatic rings. The standard InChI is InChI=1S/C16H24FN/c1-12-9-14(11-15(17)10-12)16(18)8-7-13-5-3-2-4-6-13/h9-11,13,16H,2-8,18H2,1H3. The molecule has 1 aromatic carbocycles. The highest BCUT2D eigenvalue weighted by Crippen LogP contribution is 2.30. The summed E-state index contributed by atoms with van der Waals surface area (Å²) in [6.07, 6.45) is 9.03. The molecule has 0 saturated heterocycles. The Hall–Kier alpha value is -0.890. The Balaban J connectivity index is 1.88. The van der Waals surface area contributed by atoms with Crippen molar-refractivity contribution in [2.45, 2.75) is 57.9 Å². The smallest absolute Gasteiger partial charge is 0.123 e. The van der Waals surface area contributed by atoms with Gasteiger partial charge in [-0.25, -0.2) is 4.39 Å². The molecule has 1 aliphatic rings. The van der Waals surface area contributed by atoms with Crippen molar-refractivity contribution in [1.29, 1.82) is 0 Å². The number of nitrogens with two attached hydrogens (primary N) is 1. The fraction of sp³-hybridized carbons (Fsp3) is 0.625. The summed E-state index contributed by atoms with van der Waals surface area (Å²) in [4.78, 5) is 0.